The van der Waals surface area contributed by atoms with Gasteiger partial charge in [-0.25, -0.2) is 0 Å². The number of thiophene rings is 1. The average molecular weight is 508 g/mol. The number of anilines is 1. The SMILES string of the molecule is CCC(C)(C)NC(=O)[C@@H](c1ccc(C)cc1)N(C(=O)CNC(=O)c1cccs1)c1cccc(OC)c1. The third-order valence-electron chi connectivity index (χ3n) is 5.99. The molecule has 0 aliphatic rings. The Kier molecular flexibility index (Phi) is 8.88. The topological polar surface area (TPSA) is 87.7 Å². The van der Waals surface area contributed by atoms with Crippen LogP contribution < -0.4 is 20.3 Å². The standard InChI is InChI=1S/C28H33N3O4S/c1-6-28(3,4)30-27(34)25(20-14-12-19(2)13-15-20)31(21-9-7-10-22(17-21)35-5)24(32)18-29-26(33)23-11-8-16-36-23/h7-17,25H,6,18H2,1-5H3,(H,29,33)(H,30,34)/t25-/m1/s1. The second-order valence-electron chi connectivity index (χ2n) is 9.17. The number of hydrogen-bond donors (Lipinski definition) is 2. The molecule has 0 saturated heterocycles. The monoisotopic (exact) mass is 507 g/mol. The van der Waals surface area contributed by atoms with Gasteiger partial charge in [0.15, 0.2) is 0 Å². The van der Waals surface area contributed by atoms with E-state index in [9.17, 15) is 14.4 Å². The molecule has 3 aromatic rings. The maximum Gasteiger partial charge on any atom is 0.261 e. The molecule has 0 fully saturated rings. The van der Waals surface area contributed by atoms with Crippen LogP contribution >= 0.6 is 11.3 Å². The smallest absolute Gasteiger partial charge is 0.261 e. The third kappa shape index (κ3) is 6.73. The maximum absolute atomic E-state index is 13.8. The normalized spacial score (nSPS) is 11.9. The minimum Gasteiger partial charge on any atom is -0.497 e. The summed E-state index contributed by atoms with van der Waals surface area (Å²) in [6.45, 7) is 7.56. The average Bonchev–Trinajstić information content (AvgIpc) is 3.41. The van der Waals surface area contributed by atoms with Gasteiger partial charge in [0.1, 0.15) is 11.8 Å². The summed E-state index contributed by atoms with van der Waals surface area (Å²) in [7, 11) is 1.54. The van der Waals surface area contributed by atoms with Crippen LogP contribution in [-0.4, -0.2) is 36.9 Å². The van der Waals surface area contributed by atoms with Gasteiger partial charge in [0.2, 0.25) is 11.8 Å². The van der Waals surface area contributed by atoms with E-state index in [2.05, 4.69) is 10.6 Å². The zero-order valence-corrected chi connectivity index (χ0v) is 22.1. The summed E-state index contributed by atoms with van der Waals surface area (Å²) in [6, 6.07) is 17.0. The Bertz CT molecular complexity index is 1190. The summed E-state index contributed by atoms with van der Waals surface area (Å²) in [6.07, 6.45) is 0.712. The molecule has 0 aliphatic carbocycles. The molecular formula is C28H33N3O4S. The lowest BCUT2D eigenvalue weighted by atomic mass is 9.97. The Morgan fingerprint density at radius 1 is 1.06 bits per heavy atom. The van der Waals surface area contributed by atoms with Crippen molar-refractivity contribution in [2.75, 3.05) is 18.6 Å². The second-order valence-corrected chi connectivity index (χ2v) is 10.1. The molecule has 0 aliphatic heterocycles. The molecule has 3 rings (SSSR count). The molecule has 8 heteroatoms. The van der Waals surface area contributed by atoms with Gasteiger partial charge in [-0.3, -0.25) is 19.3 Å². The highest BCUT2D eigenvalue weighted by Gasteiger charge is 2.35. The van der Waals surface area contributed by atoms with E-state index in [1.165, 1.54) is 16.2 Å². The molecule has 0 bridgehead atoms. The van der Waals surface area contributed by atoms with Crippen molar-refractivity contribution < 1.29 is 19.1 Å². The summed E-state index contributed by atoms with van der Waals surface area (Å²) < 4.78 is 5.38. The Balaban J connectivity index is 2.05. The molecule has 2 N–H and O–H groups in total. The first-order valence-corrected chi connectivity index (χ1v) is 12.7. The molecular weight excluding hydrogens is 474 g/mol. The van der Waals surface area contributed by atoms with E-state index in [4.69, 9.17) is 4.74 Å². The van der Waals surface area contributed by atoms with Crippen LogP contribution in [0.15, 0.2) is 66.0 Å². The van der Waals surface area contributed by atoms with E-state index in [1.807, 2.05) is 52.0 Å². The summed E-state index contributed by atoms with van der Waals surface area (Å²) in [5, 5.41) is 7.58. The van der Waals surface area contributed by atoms with E-state index < -0.39 is 17.5 Å². The number of amides is 3. The van der Waals surface area contributed by atoms with Gasteiger partial charge in [-0.2, -0.15) is 0 Å². The number of hydrogen-bond acceptors (Lipinski definition) is 5. The number of carbonyl (C=O) groups is 3. The van der Waals surface area contributed by atoms with E-state index in [1.54, 1.807) is 48.9 Å². The van der Waals surface area contributed by atoms with Crippen molar-refractivity contribution in [3.05, 3.63) is 82.0 Å². The lowest BCUT2D eigenvalue weighted by Gasteiger charge is -2.35. The van der Waals surface area contributed by atoms with Crippen LogP contribution in [0.1, 0.15) is 54.0 Å². The molecule has 0 saturated carbocycles. The summed E-state index contributed by atoms with van der Waals surface area (Å²) >= 11 is 1.29. The Hall–Kier alpha value is -3.65. The number of nitrogens with zero attached hydrogens (tertiary/aromatic N) is 1. The van der Waals surface area contributed by atoms with Crippen molar-refractivity contribution in [3.8, 4) is 5.75 Å². The Morgan fingerprint density at radius 2 is 1.78 bits per heavy atom. The highest BCUT2D eigenvalue weighted by Crippen LogP contribution is 2.31. The van der Waals surface area contributed by atoms with Crippen molar-refractivity contribution in [2.24, 2.45) is 0 Å². The van der Waals surface area contributed by atoms with Gasteiger partial charge in [-0.15, -0.1) is 11.3 Å². The number of ether oxygens (including phenoxy) is 1. The molecule has 7 nitrogen and oxygen atoms in total. The predicted octanol–water partition coefficient (Wildman–Crippen LogP) is 4.87. The van der Waals surface area contributed by atoms with Gasteiger partial charge in [-0.05, 0) is 56.3 Å². The van der Waals surface area contributed by atoms with Crippen molar-refractivity contribution in [1.82, 2.24) is 10.6 Å². The third-order valence-corrected chi connectivity index (χ3v) is 6.86. The van der Waals surface area contributed by atoms with Gasteiger partial charge in [0.05, 0.1) is 18.5 Å². The zero-order chi connectivity index (χ0) is 26.3. The number of carbonyl (C=O) groups excluding carboxylic acids is 3. The molecule has 0 spiro atoms. The minimum absolute atomic E-state index is 0.277. The lowest BCUT2D eigenvalue weighted by molar-refractivity contribution is -0.127. The Morgan fingerprint density at radius 3 is 2.39 bits per heavy atom. The fourth-order valence-electron chi connectivity index (χ4n) is 3.59. The van der Waals surface area contributed by atoms with Crippen LogP contribution in [0.25, 0.3) is 0 Å². The molecule has 2 aromatic carbocycles. The van der Waals surface area contributed by atoms with Gasteiger partial charge in [0.25, 0.3) is 5.91 Å². The van der Waals surface area contributed by atoms with Gasteiger partial charge >= 0.3 is 0 Å². The van der Waals surface area contributed by atoms with Crippen LogP contribution in [0.4, 0.5) is 5.69 Å². The number of rotatable bonds is 10. The lowest BCUT2D eigenvalue weighted by Crippen LogP contribution is -2.52. The Labute approximate surface area is 216 Å². The molecule has 0 unspecified atom stereocenters. The van der Waals surface area contributed by atoms with Crippen molar-refractivity contribution >= 4 is 34.7 Å². The van der Waals surface area contributed by atoms with Crippen LogP contribution in [0.2, 0.25) is 0 Å². The van der Waals surface area contributed by atoms with Crippen LogP contribution in [0.3, 0.4) is 0 Å². The summed E-state index contributed by atoms with van der Waals surface area (Å²) in [5.74, 6) is -0.535. The number of benzene rings is 2. The van der Waals surface area contributed by atoms with Crippen LogP contribution in [0.5, 0.6) is 5.75 Å². The van der Waals surface area contributed by atoms with Gasteiger partial charge in [0, 0.05) is 17.3 Å². The van der Waals surface area contributed by atoms with E-state index >= 15 is 0 Å². The second kappa shape index (κ2) is 11.9. The highest BCUT2D eigenvalue weighted by atomic mass is 32.1. The quantitative estimate of drug-likeness (QED) is 0.410. The molecule has 0 radical (unpaired) electrons. The first-order valence-electron chi connectivity index (χ1n) is 11.8. The molecule has 190 valence electrons. The molecule has 36 heavy (non-hydrogen) atoms. The number of methoxy groups -OCH3 is 1. The van der Waals surface area contributed by atoms with E-state index in [0.29, 0.717) is 28.3 Å². The van der Waals surface area contributed by atoms with Crippen LogP contribution in [0, 0.1) is 6.92 Å². The minimum atomic E-state index is -0.963. The van der Waals surface area contributed by atoms with E-state index in [0.717, 1.165) is 5.56 Å². The van der Waals surface area contributed by atoms with Gasteiger partial charge in [-0.1, -0.05) is 48.9 Å². The largest absolute Gasteiger partial charge is 0.497 e. The summed E-state index contributed by atoms with van der Waals surface area (Å²) in [4.78, 5) is 42.0. The fraction of sp³-hybridized carbons (Fsp3) is 0.321. The maximum atomic E-state index is 13.8. The molecule has 1 aromatic heterocycles. The van der Waals surface area contributed by atoms with Gasteiger partial charge < -0.3 is 15.4 Å². The molecule has 3 amide bonds. The van der Waals surface area contributed by atoms with Crippen molar-refractivity contribution in [1.29, 1.82) is 0 Å². The van der Waals surface area contributed by atoms with E-state index in [-0.39, 0.29) is 18.4 Å². The predicted molar refractivity (Wildman–Crippen MR) is 144 cm³/mol. The fourth-order valence-corrected chi connectivity index (χ4v) is 4.23. The highest BCUT2D eigenvalue weighted by molar-refractivity contribution is 7.12. The molecule has 1 atom stereocenters. The molecule has 1 heterocycles. The number of nitrogens with one attached hydrogen (secondary N) is 2. The number of aryl methyl sites for hydroxylation is 1. The first-order chi connectivity index (χ1) is 17.1. The zero-order valence-electron chi connectivity index (χ0n) is 21.3. The van der Waals surface area contributed by atoms with Crippen molar-refractivity contribution in [2.45, 2.75) is 45.7 Å². The summed E-state index contributed by atoms with van der Waals surface area (Å²) in [5.41, 5.74) is 1.70. The first kappa shape index (κ1) is 26.9. The van der Waals surface area contributed by atoms with Crippen LogP contribution in [-0.2, 0) is 9.59 Å². The van der Waals surface area contributed by atoms with Crippen molar-refractivity contribution in [3.63, 3.8) is 0 Å².